The van der Waals surface area contributed by atoms with Crippen LogP contribution >= 0.6 is 0 Å². The van der Waals surface area contributed by atoms with E-state index in [9.17, 15) is 18.3 Å². The van der Waals surface area contributed by atoms with E-state index in [1.807, 2.05) is 12.1 Å². The largest absolute Gasteiger partial charge is 0.550 e. The molecule has 0 bridgehead atoms. The first-order chi connectivity index (χ1) is 12.8. The second-order valence-corrected chi connectivity index (χ2v) is 7.25. The maximum absolute atomic E-state index is 14.4. The van der Waals surface area contributed by atoms with Gasteiger partial charge in [-0.25, -0.2) is 4.39 Å². The first-order valence-corrected chi connectivity index (χ1v) is 8.93. The summed E-state index contributed by atoms with van der Waals surface area (Å²) in [6.45, 7) is 0.972. The summed E-state index contributed by atoms with van der Waals surface area (Å²) in [6, 6.07) is 18.7. The summed E-state index contributed by atoms with van der Waals surface area (Å²) in [4.78, 5) is 10.2. The molecule has 0 atom stereocenters. The molecule has 7 heteroatoms. The van der Waals surface area contributed by atoms with Gasteiger partial charge in [0.05, 0.1) is 0 Å². The summed E-state index contributed by atoms with van der Waals surface area (Å²) < 4.78 is 41.9. The maximum atomic E-state index is 14.4. The number of rotatable bonds is 3. The normalized spacial score (nSPS) is 10.3. The van der Waals surface area contributed by atoms with Gasteiger partial charge in [-0.2, -0.15) is 8.78 Å². The summed E-state index contributed by atoms with van der Waals surface area (Å²) in [7, 11) is -1.02. The predicted octanol–water partition coefficient (Wildman–Crippen LogP) is 3.66. The number of phenols is 1. The molecule has 3 nitrogen and oxygen atoms in total. The minimum Gasteiger partial charge on any atom is -0.550 e. The van der Waals surface area contributed by atoms with E-state index in [0.717, 1.165) is 22.8 Å². The van der Waals surface area contributed by atoms with Gasteiger partial charge in [0.15, 0.2) is 21.4 Å². The average Bonchev–Trinajstić information content (AvgIpc) is 2.66. The van der Waals surface area contributed by atoms with Gasteiger partial charge in [-0.05, 0) is 31.2 Å². The lowest BCUT2D eigenvalue weighted by molar-refractivity contribution is -0.302. The van der Waals surface area contributed by atoms with Gasteiger partial charge in [0.25, 0.3) is 0 Å². The lowest BCUT2D eigenvalue weighted by Gasteiger charge is -2.10. The summed E-state index contributed by atoms with van der Waals surface area (Å²) in [6.07, 6.45) is 0. The molecule has 0 saturated carbocycles. The molecule has 0 aromatic heterocycles. The number of carbonyl (C=O) groups is 1. The van der Waals surface area contributed by atoms with Gasteiger partial charge in [0.2, 0.25) is 16.5 Å². The Morgan fingerprint density at radius 2 is 1.30 bits per heavy atom. The Morgan fingerprint density at radius 3 is 1.70 bits per heavy atom. The van der Waals surface area contributed by atoms with Crippen molar-refractivity contribution in [2.45, 2.75) is 21.6 Å². The van der Waals surface area contributed by atoms with Crippen molar-refractivity contribution >= 4 is 16.9 Å². The highest BCUT2D eigenvalue weighted by Gasteiger charge is 2.35. The van der Waals surface area contributed by atoms with Crippen molar-refractivity contribution < 1.29 is 28.2 Å². The van der Waals surface area contributed by atoms with Gasteiger partial charge < -0.3 is 15.0 Å². The molecule has 0 amide bonds. The summed E-state index contributed by atoms with van der Waals surface area (Å²) in [5, 5.41) is 18.1. The summed E-state index contributed by atoms with van der Waals surface area (Å²) >= 11 is 0. The van der Waals surface area contributed by atoms with Crippen molar-refractivity contribution in [3.05, 3.63) is 84.2 Å². The molecule has 27 heavy (non-hydrogen) atoms. The Morgan fingerprint density at radius 1 is 0.889 bits per heavy atom. The van der Waals surface area contributed by atoms with E-state index in [1.54, 1.807) is 48.5 Å². The molecule has 0 aliphatic heterocycles. The molecule has 140 valence electrons. The molecule has 1 N–H and O–H groups in total. The van der Waals surface area contributed by atoms with Gasteiger partial charge in [-0.1, -0.05) is 36.4 Å². The van der Waals surface area contributed by atoms with E-state index in [-0.39, 0.29) is 4.90 Å². The van der Waals surface area contributed by atoms with Crippen molar-refractivity contribution in [1.29, 1.82) is 0 Å². The van der Waals surface area contributed by atoms with Crippen LogP contribution < -0.4 is 5.11 Å². The number of aliphatic carboxylic acids is 1. The van der Waals surface area contributed by atoms with Crippen LogP contribution in [-0.2, 0) is 15.7 Å². The molecule has 3 aromatic carbocycles. The Kier molecular flexibility index (Phi) is 6.90. The van der Waals surface area contributed by atoms with Crippen LogP contribution in [0.1, 0.15) is 6.92 Å². The maximum Gasteiger partial charge on any atom is 0.218 e. The second-order valence-electron chi connectivity index (χ2n) is 5.26. The zero-order valence-electron chi connectivity index (χ0n) is 14.2. The molecule has 0 aliphatic carbocycles. The van der Waals surface area contributed by atoms with Crippen LogP contribution in [0, 0.1) is 17.5 Å². The van der Waals surface area contributed by atoms with Crippen molar-refractivity contribution in [3.63, 3.8) is 0 Å². The van der Waals surface area contributed by atoms with E-state index in [0.29, 0.717) is 0 Å². The highest BCUT2D eigenvalue weighted by molar-refractivity contribution is 7.97. The number of aromatic hydroxyl groups is 1. The molecular formula is C20H15F3O3S. The lowest BCUT2D eigenvalue weighted by Crippen LogP contribution is -2.16. The topological polar surface area (TPSA) is 60.4 Å². The number of carboxylic acid groups (broad SMARTS) is 1. The molecular weight excluding hydrogens is 377 g/mol. The quantitative estimate of drug-likeness (QED) is 0.547. The predicted molar refractivity (Wildman–Crippen MR) is 93.7 cm³/mol. The minimum absolute atomic E-state index is 0.129. The number of hydrogen-bond donors (Lipinski definition) is 1. The molecule has 3 aromatic rings. The number of carboxylic acids is 1. The van der Waals surface area contributed by atoms with Crippen molar-refractivity contribution in [2.75, 3.05) is 0 Å². The smallest absolute Gasteiger partial charge is 0.218 e. The van der Waals surface area contributed by atoms with Crippen molar-refractivity contribution in [2.24, 2.45) is 0 Å². The third-order valence-corrected chi connectivity index (χ3v) is 5.50. The second kappa shape index (κ2) is 9.14. The lowest BCUT2D eigenvalue weighted by atomic mass is 10.3. The highest BCUT2D eigenvalue weighted by atomic mass is 32.2. The number of benzene rings is 3. The van der Waals surface area contributed by atoms with Gasteiger partial charge in [-0.3, -0.25) is 0 Å². The van der Waals surface area contributed by atoms with Crippen LogP contribution in [0.3, 0.4) is 0 Å². The van der Waals surface area contributed by atoms with Crippen molar-refractivity contribution in [3.8, 4) is 5.75 Å². The fourth-order valence-electron chi connectivity index (χ4n) is 2.22. The Hall–Kier alpha value is -2.93. The standard InChI is InChI=1S/C18H11F3OS.C2H4O2/c19-14-11-15(16(20)17(21)18(14)22)23(12-7-3-1-4-8-12)13-9-5-2-6-10-13;1-2(3)4/h1-11H;1H3,(H,3,4). The van der Waals surface area contributed by atoms with E-state index in [2.05, 4.69) is 0 Å². The molecule has 0 radical (unpaired) electrons. The average molecular weight is 392 g/mol. The molecule has 0 spiro atoms. The first-order valence-electron chi connectivity index (χ1n) is 7.71. The monoisotopic (exact) mass is 392 g/mol. The van der Waals surface area contributed by atoms with Crippen LogP contribution in [-0.4, -0.2) is 11.1 Å². The zero-order valence-corrected chi connectivity index (χ0v) is 15.0. The number of phenolic OH excluding ortho intramolecular Hbond substituents is 1. The SMILES string of the molecule is CC(=O)[O-].Oc1c(F)cc([S+](c2ccccc2)c2ccccc2)c(F)c1F. The zero-order chi connectivity index (χ0) is 20.0. The van der Waals surface area contributed by atoms with E-state index in [1.165, 1.54) is 0 Å². The van der Waals surface area contributed by atoms with Crippen LogP contribution in [0.4, 0.5) is 13.2 Å². The third-order valence-electron chi connectivity index (χ3n) is 3.28. The Labute approximate surface area is 157 Å². The highest BCUT2D eigenvalue weighted by Crippen LogP contribution is 2.36. The summed E-state index contributed by atoms with van der Waals surface area (Å²) in [5.41, 5.74) is 0. The van der Waals surface area contributed by atoms with Gasteiger partial charge >= 0.3 is 0 Å². The number of hydrogen-bond acceptors (Lipinski definition) is 3. The third kappa shape index (κ3) is 5.04. The molecule has 0 saturated heterocycles. The molecule has 0 fully saturated rings. The van der Waals surface area contributed by atoms with Crippen LogP contribution in [0.2, 0.25) is 0 Å². The van der Waals surface area contributed by atoms with Crippen molar-refractivity contribution in [1.82, 2.24) is 0 Å². The fourth-order valence-corrected chi connectivity index (χ4v) is 4.34. The Balaban J connectivity index is 0.000000596. The van der Waals surface area contributed by atoms with Crippen LogP contribution in [0.5, 0.6) is 5.75 Å². The van der Waals surface area contributed by atoms with E-state index < -0.39 is 40.1 Å². The number of halogens is 3. The fraction of sp³-hybridized carbons (Fsp3) is 0.0500. The molecule has 0 heterocycles. The van der Waals surface area contributed by atoms with Crippen LogP contribution in [0.25, 0.3) is 0 Å². The van der Waals surface area contributed by atoms with E-state index in [4.69, 9.17) is 9.90 Å². The Bertz CT molecular complexity index is 875. The van der Waals surface area contributed by atoms with Gasteiger partial charge in [0.1, 0.15) is 10.9 Å². The molecule has 0 unspecified atom stereocenters. The van der Waals surface area contributed by atoms with Crippen LogP contribution in [0.15, 0.2) is 81.4 Å². The summed E-state index contributed by atoms with van der Waals surface area (Å²) in [5.74, 6) is -6.36. The van der Waals surface area contributed by atoms with E-state index >= 15 is 0 Å². The minimum atomic E-state index is -1.57. The van der Waals surface area contributed by atoms with Gasteiger partial charge in [0, 0.05) is 12.0 Å². The molecule has 3 rings (SSSR count). The number of carbonyl (C=O) groups excluding carboxylic acids is 1. The van der Waals surface area contributed by atoms with Gasteiger partial charge in [-0.15, -0.1) is 0 Å². The first kappa shape index (κ1) is 20.4. The molecule has 0 aliphatic rings.